The summed E-state index contributed by atoms with van der Waals surface area (Å²) in [5.41, 5.74) is -0.892. The first kappa shape index (κ1) is 13.0. The van der Waals surface area contributed by atoms with Crippen LogP contribution in [0.3, 0.4) is 0 Å². The van der Waals surface area contributed by atoms with E-state index in [4.69, 9.17) is 0 Å². The largest absolute Gasteiger partial charge is 0.391 e. The van der Waals surface area contributed by atoms with Gasteiger partial charge in [-0.05, 0) is 25.7 Å². The summed E-state index contributed by atoms with van der Waals surface area (Å²) >= 11 is 0. The quantitative estimate of drug-likeness (QED) is 0.785. The van der Waals surface area contributed by atoms with Crippen molar-refractivity contribution in [3.63, 3.8) is 0 Å². The second-order valence-electron chi connectivity index (χ2n) is 4.45. The Morgan fingerprint density at radius 2 is 2.19 bits per heavy atom. The maximum atomic E-state index is 12.3. The second kappa shape index (κ2) is 5.31. The van der Waals surface area contributed by atoms with Crippen molar-refractivity contribution >= 4 is 5.91 Å². The number of hydrogen-bond acceptors (Lipinski definition) is 3. The van der Waals surface area contributed by atoms with Gasteiger partial charge >= 0.3 is 0 Å². The molecule has 0 aromatic rings. The summed E-state index contributed by atoms with van der Waals surface area (Å²) in [6.07, 6.45) is 2.21. The molecule has 0 radical (unpaired) electrons. The Kier molecular flexibility index (Phi) is 4.31. The molecule has 1 rings (SSSR count). The number of likely N-dealkylation sites (tertiary alicyclic amines) is 1. The first-order chi connectivity index (χ1) is 7.59. The zero-order valence-electron chi connectivity index (χ0n) is 10.1. The molecule has 4 nitrogen and oxygen atoms in total. The fourth-order valence-electron chi connectivity index (χ4n) is 2.20. The van der Waals surface area contributed by atoms with Gasteiger partial charge in [0.15, 0.2) is 0 Å². The van der Waals surface area contributed by atoms with Gasteiger partial charge in [0.25, 0.3) is 0 Å². The highest BCUT2D eigenvalue weighted by atomic mass is 16.3. The molecular formula is C12H20N2O2. The van der Waals surface area contributed by atoms with Crippen molar-refractivity contribution in [1.82, 2.24) is 4.90 Å². The number of rotatable bonds is 3. The average Bonchev–Trinajstić information content (AvgIpc) is 2.32. The summed E-state index contributed by atoms with van der Waals surface area (Å²) < 4.78 is 0. The minimum atomic E-state index is -0.892. The highest BCUT2D eigenvalue weighted by molar-refractivity contribution is 5.85. The van der Waals surface area contributed by atoms with E-state index in [9.17, 15) is 15.2 Å². The van der Waals surface area contributed by atoms with Gasteiger partial charge in [0, 0.05) is 13.1 Å². The Morgan fingerprint density at radius 3 is 2.62 bits per heavy atom. The van der Waals surface area contributed by atoms with E-state index in [-0.39, 0.29) is 5.91 Å². The van der Waals surface area contributed by atoms with Gasteiger partial charge in [-0.1, -0.05) is 13.8 Å². The molecule has 1 aliphatic rings. The van der Waals surface area contributed by atoms with E-state index in [2.05, 4.69) is 6.07 Å². The van der Waals surface area contributed by atoms with Crippen molar-refractivity contribution in [1.29, 1.82) is 5.26 Å². The van der Waals surface area contributed by atoms with Crippen molar-refractivity contribution < 1.29 is 9.90 Å². The molecule has 0 aromatic carbocycles. The van der Waals surface area contributed by atoms with E-state index in [1.807, 2.05) is 13.8 Å². The minimum Gasteiger partial charge on any atom is -0.391 e. The smallest absolute Gasteiger partial charge is 0.243 e. The molecule has 16 heavy (non-hydrogen) atoms. The summed E-state index contributed by atoms with van der Waals surface area (Å²) in [6, 6.07) is 2.15. The number of hydrogen-bond donors (Lipinski definition) is 1. The van der Waals surface area contributed by atoms with Crippen LogP contribution in [-0.2, 0) is 4.79 Å². The number of aliphatic hydroxyl groups excluding tert-OH is 1. The van der Waals surface area contributed by atoms with Gasteiger partial charge in [-0.25, -0.2) is 0 Å². The Balaban J connectivity index is 2.79. The maximum Gasteiger partial charge on any atom is 0.243 e. The van der Waals surface area contributed by atoms with Crippen LogP contribution < -0.4 is 0 Å². The zero-order valence-corrected chi connectivity index (χ0v) is 10.1. The molecule has 1 saturated heterocycles. The summed E-state index contributed by atoms with van der Waals surface area (Å²) in [5, 5.41) is 18.7. The van der Waals surface area contributed by atoms with Crippen LogP contribution in [0.2, 0.25) is 0 Å². The van der Waals surface area contributed by atoms with Crippen LogP contribution in [-0.4, -0.2) is 35.1 Å². The molecule has 1 amide bonds. The van der Waals surface area contributed by atoms with Gasteiger partial charge in [0.05, 0.1) is 12.2 Å². The molecule has 1 fully saturated rings. The van der Waals surface area contributed by atoms with E-state index in [1.165, 1.54) is 0 Å². The topological polar surface area (TPSA) is 64.3 Å². The third kappa shape index (κ3) is 2.35. The zero-order chi connectivity index (χ0) is 12.2. The standard InChI is InChI=1S/C12H20N2O2/c1-3-12(4-2,9-13)11(16)14-7-5-6-10(15)8-14/h10,15H,3-8H2,1-2H3/t10-/m0/s1. The number of carbonyl (C=O) groups is 1. The number of aliphatic hydroxyl groups is 1. The molecule has 1 heterocycles. The molecular weight excluding hydrogens is 204 g/mol. The van der Waals surface area contributed by atoms with Crippen LogP contribution in [0.5, 0.6) is 0 Å². The van der Waals surface area contributed by atoms with E-state index in [0.29, 0.717) is 25.9 Å². The number of β-amino-alcohol motifs (C(OH)–C–C–N with tert-alkyl or cyclic N) is 1. The molecule has 90 valence electrons. The van der Waals surface area contributed by atoms with Gasteiger partial charge in [0.2, 0.25) is 5.91 Å². The lowest BCUT2D eigenvalue weighted by molar-refractivity contribution is -0.142. The van der Waals surface area contributed by atoms with Crippen molar-refractivity contribution in [3.05, 3.63) is 0 Å². The number of carbonyl (C=O) groups excluding carboxylic acids is 1. The Bertz CT molecular complexity index is 292. The third-order valence-electron chi connectivity index (χ3n) is 3.51. The summed E-state index contributed by atoms with van der Waals surface area (Å²) in [6.45, 7) is 4.78. The molecule has 1 atom stereocenters. The normalized spacial score (nSPS) is 21.6. The van der Waals surface area contributed by atoms with E-state index < -0.39 is 11.5 Å². The average molecular weight is 224 g/mol. The van der Waals surface area contributed by atoms with Crippen LogP contribution >= 0.6 is 0 Å². The lowest BCUT2D eigenvalue weighted by Crippen LogP contribution is -2.48. The van der Waals surface area contributed by atoms with E-state index >= 15 is 0 Å². The summed E-state index contributed by atoms with van der Waals surface area (Å²) in [7, 11) is 0. The molecule has 0 spiro atoms. The number of nitrogens with zero attached hydrogens (tertiary/aromatic N) is 2. The van der Waals surface area contributed by atoms with Crippen LogP contribution in [0.1, 0.15) is 39.5 Å². The van der Waals surface area contributed by atoms with Crippen molar-refractivity contribution in [2.24, 2.45) is 5.41 Å². The predicted octanol–water partition coefficient (Wildman–Crippen LogP) is 1.30. The van der Waals surface area contributed by atoms with Crippen molar-refractivity contribution in [2.75, 3.05) is 13.1 Å². The number of nitriles is 1. The Morgan fingerprint density at radius 1 is 1.56 bits per heavy atom. The van der Waals surface area contributed by atoms with Gasteiger partial charge in [-0.15, -0.1) is 0 Å². The van der Waals surface area contributed by atoms with Gasteiger partial charge in [0.1, 0.15) is 5.41 Å². The van der Waals surface area contributed by atoms with Crippen LogP contribution in [0.15, 0.2) is 0 Å². The molecule has 0 saturated carbocycles. The summed E-state index contributed by atoms with van der Waals surface area (Å²) in [5.74, 6) is -0.112. The molecule has 1 aliphatic heterocycles. The molecule has 0 bridgehead atoms. The fraction of sp³-hybridized carbons (Fsp3) is 0.833. The highest BCUT2D eigenvalue weighted by Gasteiger charge is 2.39. The second-order valence-corrected chi connectivity index (χ2v) is 4.45. The van der Waals surface area contributed by atoms with Crippen LogP contribution in [0, 0.1) is 16.7 Å². The van der Waals surface area contributed by atoms with Gasteiger partial charge in [-0.2, -0.15) is 5.26 Å². The first-order valence-corrected chi connectivity index (χ1v) is 5.98. The van der Waals surface area contributed by atoms with E-state index in [0.717, 1.165) is 12.8 Å². The number of piperidine rings is 1. The lowest BCUT2D eigenvalue weighted by Gasteiger charge is -2.35. The highest BCUT2D eigenvalue weighted by Crippen LogP contribution is 2.29. The lowest BCUT2D eigenvalue weighted by atomic mass is 9.82. The Hall–Kier alpha value is -1.08. The first-order valence-electron chi connectivity index (χ1n) is 5.98. The molecule has 1 N–H and O–H groups in total. The Labute approximate surface area is 96.9 Å². The number of amides is 1. The summed E-state index contributed by atoms with van der Waals surface area (Å²) in [4.78, 5) is 13.9. The SMILES string of the molecule is CCC(C#N)(CC)C(=O)N1CCC[C@H](O)C1. The van der Waals surface area contributed by atoms with Gasteiger partial charge in [-0.3, -0.25) is 4.79 Å². The fourth-order valence-corrected chi connectivity index (χ4v) is 2.20. The minimum absolute atomic E-state index is 0.112. The van der Waals surface area contributed by atoms with Crippen molar-refractivity contribution in [2.45, 2.75) is 45.6 Å². The van der Waals surface area contributed by atoms with Crippen molar-refractivity contribution in [3.8, 4) is 6.07 Å². The predicted molar refractivity (Wildman–Crippen MR) is 60.4 cm³/mol. The van der Waals surface area contributed by atoms with Gasteiger partial charge < -0.3 is 10.0 Å². The van der Waals surface area contributed by atoms with Crippen LogP contribution in [0.4, 0.5) is 0 Å². The third-order valence-corrected chi connectivity index (χ3v) is 3.51. The van der Waals surface area contributed by atoms with Crippen LogP contribution in [0.25, 0.3) is 0 Å². The van der Waals surface area contributed by atoms with E-state index in [1.54, 1.807) is 4.90 Å². The molecule has 0 aliphatic carbocycles. The maximum absolute atomic E-state index is 12.3. The molecule has 4 heteroatoms. The molecule has 0 unspecified atom stereocenters. The molecule has 0 aromatic heterocycles. The monoisotopic (exact) mass is 224 g/mol.